The Kier molecular flexibility index (Phi) is 6.37. The summed E-state index contributed by atoms with van der Waals surface area (Å²) in [5.41, 5.74) is 2.54. The van der Waals surface area contributed by atoms with E-state index in [2.05, 4.69) is 48.8 Å². The monoisotopic (exact) mass is 371 g/mol. The maximum Gasteiger partial charge on any atom is 0.158 e. The zero-order chi connectivity index (χ0) is 15.1. The number of halogens is 1. The van der Waals surface area contributed by atoms with Gasteiger partial charge in [-0.05, 0) is 41.4 Å². The van der Waals surface area contributed by atoms with E-state index in [0.717, 1.165) is 22.6 Å². The van der Waals surface area contributed by atoms with Crippen LogP contribution in [-0.2, 0) is 17.8 Å². The molecule has 8 heteroatoms. The summed E-state index contributed by atoms with van der Waals surface area (Å²) in [5.74, 6) is 7.34. The molecule has 2 aromatic rings. The first-order valence-electron chi connectivity index (χ1n) is 6.61. The Bertz CT molecular complexity index is 577. The average Bonchev–Trinajstić information content (AvgIpc) is 2.90. The molecule has 0 radical (unpaired) electrons. The third kappa shape index (κ3) is 5.24. The Morgan fingerprint density at radius 2 is 2.14 bits per heavy atom. The molecule has 0 fully saturated rings. The number of rotatable bonds is 8. The lowest BCUT2D eigenvalue weighted by Crippen LogP contribution is -2.13. The minimum Gasteiger partial charge on any atom is -0.374 e. The number of nitrogen functional groups attached to an aromatic ring is 1. The lowest BCUT2D eigenvalue weighted by molar-refractivity contribution is 0.128. The van der Waals surface area contributed by atoms with E-state index < -0.39 is 0 Å². The zero-order valence-corrected chi connectivity index (χ0v) is 14.1. The number of nitrogens with one attached hydrogen (secondary N) is 2. The molecule has 0 saturated carbocycles. The van der Waals surface area contributed by atoms with Crippen LogP contribution in [0.25, 0.3) is 0 Å². The van der Waals surface area contributed by atoms with Gasteiger partial charge in [0.1, 0.15) is 18.2 Å². The molecule has 21 heavy (non-hydrogen) atoms. The average molecular weight is 372 g/mol. The van der Waals surface area contributed by atoms with Gasteiger partial charge in [0.15, 0.2) is 5.82 Å². The van der Waals surface area contributed by atoms with Gasteiger partial charge in [0.25, 0.3) is 0 Å². The van der Waals surface area contributed by atoms with Crippen LogP contribution in [0.1, 0.15) is 17.6 Å². The molecule has 2 heterocycles. The highest BCUT2D eigenvalue weighted by Crippen LogP contribution is 2.22. The van der Waals surface area contributed by atoms with Gasteiger partial charge in [0, 0.05) is 24.1 Å². The van der Waals surface area contributed by atoms with Gasteiger partial charge in [-0.3, -0.25) is 0 Å². The van der Waals surface area contributed by atoms with E-state index in [9.17, 15) is 0 Å². The van der Waals surface area contributed by atoms with Crippen molar-refractivity contribution in [2.75, 3.05) is 23.9 Å². The molecular weight excluding hydrogens is 354 g/mol. The molecule has 0 unspecified atom stereocenters. The molecule has 0 aliphatic heterocycles. The van der Waals surface area contributed by atoms with E-state index in [1.807, 2.05) is 6.92 Å². The standard InChI is InChI=1S/C13H18BrN5OS/c1-2-20-8-13-17-11(7-12(18-13)19-15)16-6-5-9-3-4-10(14)21-9/h3-4,7H,2,5-6,8,15H2,1H3,(H2,16,17,18,19). The SMILES string of the molecule is CCOCc1nc(NN)cc(NCCc2ccc(Br)s2)n1. The number of thiophene rings is 1. The Labute approximate surface area is 136 Å². The van der Waals surface area contributed by atoms with Crippen LogP contribution in [0.5, 0.6) is 0 Å². The molecule has 0 amide bonds. The van der Waals surface area contributed by atoms with Gasteiger partial charge in [0.05, 0.1) is 3.79 Å². The fourth-order valence-electron chi connectivity index (χ4n) is 1.72. The summed E-state index contributed by atoms with van der Waals surface area (Å²) in [7, 11) is 0. The van der Waals surface area contributed by atoms with E-state index in [1.165, 1.54) is 4.88 Å². The number of ether oxygens (including phenoxy) is 1. The van der Waals surface area contributed by atoms with Crippen molar-refractivity contribution in [3.63, 3.8) is 0 Å². The van der Waals surface area contributed by atoms with Crippen molar-refractivity contribution in [3.05, 3.63) is 32.7 Å². The molecule has 0 aliphatic rings. The first-order chi connectivity index (χ1) is 10.2. The van der Waals surface area contributed by atoms with Crippen LogP contribution in [0.2, 0.25) is 0 Å². The van der Waals surface area contributed by atoms with E-state index in [0.29, 0.717) is 24.9 Å². The van der Waals surface area contributed by atoms with Gasteiger partial charge < -0.3 is 15.5 Å². The molecule has 4 N–H and O–H groups in total. The molecule has 2 aromatic heterocycles. The van der Waals surface area contributed by atoms with Crippen LogP contribution in [0.15, 0.2) is 22.0 Å². The quantitative estimate of drug-likeness (QED) is 0.488. The smallest absolute Gasteiger partial charge is 0.158 e. The zero-order valence-electron chi connectivity index (χ0n) is 11.7. The number of anilines is 2. The van der Waals surface area contributed by atoms with Crippen LogP contribution in [0, 0.1) is 0 Å². The Hall–Kier alpha value is -1.22. The number of hydrazine groups is 1. The van der Waals surface area contributed by atoms with Gasteiger partial charge in [-0.1, -0.05) is 0 Å². The summed E-state index contributed by atoms with van der Waals surface area (Å²) in [6.45, 7) is 3.73. The molecule has 114 valence electrons. The summed E-state index contributed by atoms with van der Waals surface area (Å²) in [6.07, 6.45) is 0.937. The highest BCUT2D eigenvalue weighted by Gasteiger charge is 2.04. The Morgan fingerprint density at radius 1 is 1.33 bits per heavy atom. The summed E-state index contributed by atoms with van der Waals surface area (Å²) in [4.78, 5) is 9.96. The van der Waals surface area contributed by atoms with Gasteiger partial charge in [0.2, 0.25) is 0 Å². The Morgan fingerprint density at radius 3 is 2.81 bits per heavy atom. The largest absolute Gasteiger partial charge is 0.374 e. The lowest BCUT2D eigenvalue weighted by Gasteiger charge is -2.09. The first kappa shape index (κ1) is 16.2. The van der Waals surface area contributed by atoms with E-state index >= 15 is 0 Å². The number of hydrogen-bond donors (Lipinski definition) is 3. The number of nitrogens with two attached hydrogens (primary N) is 1. The van der Waals surface area contributed by atoms with E-state index in [-0.39, 0.29) is 0 Å². The second-order valence-corrected chi connectivity index (χ2v) is 6.77. The highest BCUT2D eigenvalue weighted by atomic mass is 79.9. The summed E-state index contributed by atoms with van der Waals surface area (Å²) in [5, 5.41) is 3.28. The van der Waals surface area contributed by atoms with Crippen molar-refractivity contribution in [1.29, 1.82) is 0 Å². The predicted octanol–water partition coefficient (Wildman–Crippen LogP) is 2.78. The topological polar surface area (TPSA) is 85.1 Å². The van der Waals surface area contributed by atoms with Crippen molar-refractivity contribution in [3.8, 4) is 0 Å². The van der Waals surface area contributed by atoms with Gasteiger partial charge in [-0.15, -0.1) is 11.3 Å². The number of hydrogen-bond acceptors (Lipinski definition) is 7. The van der Waals surface area contributed by atoms with Crippen LogP contribution in [0.3, 0.4) is 0 Å². The lowest BCUT2D eigenvalue weighted by atomic mass is 10.3. The van der Waals surface area contributed by atoms with Crippen molar-refractivity contribution in [2.24, 2.45) is 5.84 Å². The summed E-state index contributed by atoms with van der Waals surface area (Å²) >= 11 is 5.20. The molecule has 0 spiro atoms. The fraction of sp³-hybridized carbons (Fsp3) is 0.385. The Balaban J connectivity index is 1.94. The van der Waals surface area contributed by atoms with Gasteiger partial charge in [-0.2, -0.15) is 0 Å². The van der Waals surface area contributed by atoms with Crippen LogP contribution < -0.4 is 16.6 Å². The molecule has 0 bridgehead atoms. The summed E-state index contributed by atoms with van der Waals surface area (Å²) < 4.78 is 6.47. The molecule has 2 rings (SSSR count). The van der Waals surface area contributed by atoms with E-state index in [4.69, 9.17) is 10.6 Å². The van der Waals surface area contributed by atoms with Crippen molar-refractivity contribution in [2.45, 2.75) is 20.0 Å². The van der Waals surface area contributed by atoms with Crippen molar-refractivity contribution >= 4 is 38.9 Å². The van der Waals surface area contributed by atoms with Crippen molar-refractivity contribution in [1.82, 2.24) is 9.97 Å². The minimum absolute atomic E-state index is 0.374. The minimum atomic E-state index is 0.374. The molecule has 0 aromatic carbocycles. The number of aromatic nitrogens is 2. The van der Waals surface area contributed by atoms with Gasteiger partial charge in [-0.25, -0.2) is 15.8 Å². The second kappa shape index (κ2) is 8.28. The van der Waals surface area contributed by atoms with Crippen LogP contribution in [-0.4, -0.2) is 23.1 Å². The van der Waals surface area contributed by atoms with Gasteiger partial charge >= 0.3 is 0 Å². The summed E-state index contributed by atoms with van der Waals surface area (Å²) in [6, 6.07) is 5.95. The molecular formula is C13H18BrN5OS. The third-order valence-corrected chi connectivity index (χ3v) is 4.35. The third-order valence-electron chi connectivity index (χ3n) is 2.66. The van der Waals surface area contributed by atoms with Crippen molar-refractivity contribution < 1.29 is 4.74 Å². The maximum absolute atomic E-state index is 5.43. The second-order valence-electron chi connectivity index (χ2n) is 4.22. The first-order valence-corrected chi connectivity index (χ1v) is 8.22. The predicted molar refractivity (Wildman–Crippen MR) is 89.4 cm³/mol. The van der Waals surface area contributed by atoms with Crippen LogP contribution in [0.4, 0.5) is 11.6 Å². The van der Waals surface area contributed by atoms with E-state index in [1.54, 1.807) is 17.4 Å². The normalized spacial score (nSPS) is 10.6. The van der Waals surface area contributed by atoms with Crippen LogP contribution >= 0.6 is 27.3 Å². The maximum atomic E-state index is 5.43. The number of nitrogens with zero attached hydrogens (tertiary/aromatic N) is 2. The molecule has 0 atom stereocenters. The molecule has 6 nitrogen and oxygen atoms in total. The highest BCUT2D eigenvalue weighted by molar-refractivity contribution is 9.11. The fourth-order valence-corrected chi connectivity index (χ4v) is 3.20. The molecule has 0 saturated heterocycles. The molecule has 0 aliphatic carbocycles.